The molecule has 6 heteroatoms. The molecular weight excluding hydrogens is 289 g/mol. The van der Waals surface area contributed by atoms with Gasteiger partial charge in [-0.2, -0.15) is 0 Å². The zero-order chi connectivity index (χ0) is 12.9. The predicted molar refractivity (Wildman–Crippen MR) is 77.7 cm³/mol. The van der Waals surface area contributed by atoms with Crippen LogP contribution in [-0.2, 0) is 0 Å². The first-order valence-corrected chi connectivity index (χ1v) is 6.83. The van der Waals surface area contributed by atoms with Crippen molar-refractivity contribution in [3.05, 3.63) is 39.3 Å². The van der Waals surface area contributed by atoms with Gasteiger partial charge in [-0.15, -0.1) is 11.3 Å². The number of anilines is 1. The Hall–Kier alpha value is -1.23. The van der Waals surface area contributed by atoms with E-state index >= 15 is 0 Å². The van der Waals surface area contributed by atoms with Gasteiger partial charge in [0.25, 0.3) is 0 Å². The third-order valence-corrected chi connectivity index (χ3v) is 4.46. The maximum absolute atomic E-state index is 6.06. The summed E-state index contributed by atoms with van der Waals surface area (Å²) >= 11 is 13.6. The molecular formula is C12H9Cl2N3S. The highest BCUT2D eigenvalue weighted by molar-refractivity contribution is 7.17. The van der Waals surface area contributed by atoms with Crippen molar-refractivity contribution in [3.8, 4) is 11.3 Å². The first-order chi connectivity index (χ1) is 8.58. The van der Waals surface area contributed by atoms with E-state index in [4.69, 9.17) is 28.9 Å². The van der Waals surface area contributed by atoms with E-state index in [1.807, 2.05) is 23.5 Å². The minimum Gasteiger partial charge on any atom is -0.383 e. The number of aryl methyl sites for hydroxylation is 1. The lowest BCUT2D eigenvalue weighted by atomic mass is 10.1. The fourth-order valence-corrected chi connectivity index (χ4v) is 3.23. The molecule has 3 aromatic rings. The molecule has 2 N–H and O–H groups in total. The number of nitrogen functional groups attached to an aromatic ring is 1. The lowest BCUT2D eigenvalue weighted by Gasteiger charge is -2.05. The van der Waals surface area contributed by atoms with Gasteiger partial charge in [0.1, 0.15) is 5.82 Å². The smallest absolute Gasteiger partial charge is 0.196 e. The molecule has 1 aromatic carbocycles. The minimum absolute atomic E-state index is 0.534. The number of hydrogen-bond donors (Lipinski definition) is 1. The number of benzene rings is 1. The third kappa shape index (κ3) is 1.68. The highest BCUT2D eigenvalue weighted by atomic mass is 35.5. The van der Waals surface area contributed by atoms with Crippen LogP contribution in [0.3, 0.4) is 0 Å². The van der Waals surface area contributed by atoms with Gasteiger partial charge in [0, 0.05) is 10.4 Å². The van der Waals surface area contributed by atoms with Gasteiger partial charge in [0.15, 0.2) is 4.96 Å². The molecule has 0 fully saturated rings. The molecule has 18 heavy (non-hydrogen) atoms. The molecule has 92 valence electrons. The van der Waals surface area contributed by atoms with Crippen LogP contribution in [0, 0.1) is 6.92 Å². The molecule has 0 unspecified atom stereocenters. The maximum atomic E-state index is 6.06. The van der Waals surface area contributed by atoms with E-state index in [9.17, 15) is 0 Å². The monoisotopic (exact) mass is 297 g/mol. The highest BCUT2D eigenvalue weighted by Gasteiger charge is 2.15. The second-order valence-corrected chi connectivity index (χ2v) is 5.93. The number of fused-ring (bicyclic) bond motifs is 1. The summed E-state index contributed by atoms with van der Waals surface area (Å²) in [5.41, 5.74) is 7.95. The normalized spacial score (nSPS) is 11.3. The largest absolute Gasteiger partial charge is 0.383 e. The molecule has 0 aliphatic rings. The van der Waals surface area contributed by atoms with E-state index in [1.165, 1.54) is 0 Å². The summed E-state index contributed by atoms with van der Waals surface area (Å²) in [6.45, 7) is 2.04. The predicted octanol–water partition coefficient (Wildman–Crippen LogP) is 4.26. The molecule has 0 aliphatic heterocycles. The first kappa shape index (κ1) is 11.8. The topological polar surface area (TPSA) is 43.3 Å². The molecule has 0 bridgehead atoms. The van der Waals surface area contributed by atoms with Gasteiger partial charge in [-0.1, -0.05) is 29.3 Å². The lowest BCUT2D eigenvalue weighted by molar-refractivity contribution is 1.23. The SMILES string of the molecule is Cc1sc2ncc(N)n2c1-c1ccc(Cl)c(Cl)c1. The van der Waals surface area contributed by atoms with Crippen molar-refractivity contribution in [3.63, 3.8) is 0 Å². The summed E-state index contributed by atoms with van der Waals surface area (Å²) in [5, 5.41) is 1.08. The Morgan fingerprint density at radius 3 is 2.78 bits per heavy atom. The van der Waals surface area contributed by atoms with Gasteiger partial charge in [-0.05, 0) is 19.1 Å². The zero-order valence-electron chi connectivity index (χ0n) is 9.45. The van der Waals surface area contributed by atoms with Crippen LogP contribution in [0.2, 0.25) is 10.0 Å². The number of rotatable bonds is 1. The Balaban J connectivity index is 2.33. The van der Waals surface area contributed by atoms with Gasteiger partial charge < -0.3 is 5.73 Å². The fraction of sp³-hybridized carbons (Fsp3) is 0.0833. The standard InChI is InChI=1S/C12H9Cl2N3S/c1-6-11(7-2-3-8(13)9(14)4-7)17-10(15)5-16-12(17)18-6/h2-5H,15H2,1H3. The van der Waals surface area contributed by atoms with Crippen molar-refractivity contribution >= 4 is 45.3 Å². The number of imidazole rings is 1. The van der Waals surface area contributed by atoms with Crippen LogP contribution in [0.25, 0.3) is 16.2 Å². The summed E-state index contributed by atoms with van der Waals surface area (Å²) in [6, 6.07) is 5.56. The third-order valence-electron chi connectivity index (χ3n) is 2.75. The fourth-order valence-electron chi connectivity index (χ4n) is 1.96. The Labute approximate surface area is 118 Å². The zero-order valence-corrected chi connectivity index (χ0v) is 11.8. The Bertz CT molecular complexity index is 745. The van der Waals surface area contributed by atoms with Crippen molar-refractivity contribution in [2.24, 2.45) is 0 Å². The van der Waals surface area contributed by atoms with E-state index in [-0.39, 0.29) is 0 Å². The molecule has 0 atom stereocenters. The van der Waals surface area contributed by atoms with Gasteiger partial charge in [0.05, 0.1) is 21.9 Å². The van der Waals surface area contributed by atoms with E-state index < -0.39 is 0 Å². The molecule has 0 spiro atoms. The molecule has 2 heterocycles. The van der Waals surface area contributed by atoms with Gasteiger partial charge in [0.2, 0.25) is 0 Å². The van der Waals surface area contributed by atoms with Crippen LogP contribution in [0.5, 0.6) is 0 Å². The quantitative estimate of drug-likeness (QED) is 0.729. The Kier molecular flexibility index (Phi) is 2.73. The van der Waals surface area contributed by atoms with Crippen LogP contribution < -0.4 is 5.73 Å². The number of thiazole rings is 1. The minimum atomic E-state index is 0.534. The number of nitrogens with two attached hydrogens (primary N) is 1. The summed E-state index contributed by atoms with van der Waals surface area (Å²) in [5.74, 6) is 0.621. The molecule has 0 radical (unpaired) electrons. The average Bonchev–Trinajstić information content (AvgIpc) is 2.83. The van der Waals surface area contributed by atoms with Crippen LogP contribution in [0.15, 0.2) is 24.4 Å². The summed E-state index contributed by atoms with van der Waals surface area (Å²) in [6.07, 6.45) is 1.66. The van der Waals surface area contributed by atoms with Crippen LogP contribution >= 0.6 is 34.5 Å². The summed E-state index contributed by atoms with van der Waals surface area (Å²) in [4.78, 5) is 6.29. The number of aromatic nitrogens is 2. The molecule has 0 saturated heterocycles. The molecule has 2 aromatic heterocycles. The van der Waals surface area contributed by atoms with E-state index in [2.05, 4.69) is 4.98 Å². The first-order valence-electron chi connectivity index (χ1n) is 5.25. The van der Waals surface area contributed by atoms with Crippen molar-refractivity contribution in [2.45, 2.75) is 6.92 Å². The van der Waals surface area contributed by atoms with Crippen molar-refractivity contribution in [2.75, 3.05) is 5.73 Å². The maximum Gasteiger partial charge on any atom is 0.196 e. The van der Waals surface area contributed by atoms with E-state index in [0.29, 0.717) is 15.9 Å². The van der Waals surface area contributed by atoms with E-state index in [0.717, 1.165) is 21.1 Å². The molecule has 0 amide bonds. The highest BCUT2D eigenvalue weighted by Crippen LogP contribution is 2.35. The second-order valence-electron chi connectivity index (χ2n) is 3.94. The van der Waals surface area contributed by atoms with Crippen molar-refractivity contribution < 1.29 is 0 Å². The Morgan fingerprint density at radius 1 is 1.28 bits per heavy atom. The van der Waals surface area contributed by atoms with Gasteiger partial charge >= 0.3 is 0 Å². The van der Waals surface area contributed by atoms with Crippen molar-refractivity contribution in [1.29, 1.82) is 0 Å². The lowest BCUT2D eigenvalue weighted by Crippen LogP contribution is -1.94. The van der Waals surface area contributed by atoms with Crippen LogP contribution in [0.1, 0.15) is 4.88 Å². The Morgan fingerprint density at radius 2 is 2.06 bits per heavy atom. The summed E-state index contributed by atoms with van der Waals surface area (Å²) < 4.78 is 1.93. The van der Waals surface area contributed by atoms with E-state index in [1.54, 1.807) is 23.6 Å². The number of nitrogens with zero attached hydrogens (tertiary/aromatic N) is 2. The number of halogens is 2. The molecule has 3 nitrogen and oxygen atoms in total. The van der Waals surface area contributed by atoms with Crippen LogP contribution in [0.4, 0.5) is 5.82 Å². The average molecular weight is 298 g/mol. The number of hydrogen-bond acceptors (Lipinski definition) is 3. The van der Waals surface area contributed by atoms with Gasteiger partial charge in [-0.3, -0.25) is 4.40 Å². The molecule has 0 saturated carbocycles. The molecule has 3 rings (SSSR count). The second kappa shape index (κ2) is 4.16. The summed E-state index contributed by atoms with van der Waals surface area (Å²) in [7, 11) is 0. The molecule has 0 aliphatic carbocycles. The van der Waals surface area contributed by atoms with Gasteiger partial charge in [-0.25, -0.2) is 4.98 Å². The van der Waals surface area contributed by atoms with Crippen molar-refractivity contribution in [1.82, 2.24) is 9.38 Å². The van der Waals surface area contributed by atoms with Crippen LogP contribution in [-0.4, -0.2) is 9.38 Å².